The summed E-state index contributed by atoms with van der Waals surface area (Å²) in [6.45, 7) is 6.13. The average Bonchev–Trinajstić information content (AvgIpc) is 3.07. The Morgan fingerprint density at radius 3 is 3.04 bits per heavy atom. The van der Waals surface area contributed by atoms with E-state index in [-0.39, 0.29) is 5.70 Å². The fourth-order valence-electron chi connectivity index (χ4n) is 2.39. The Hall–Kier alpha value is -2.78. The summed E-state index contributed by atoms with van der Waals surface area (Å²) in [6.07, 6.45) is 3.01. The van der Waals surface area contributed by atoms with Crippen LogP contribution in [0, 0.1) is 10.8 Å². The number of hydrogen-bond donors (Lipinski definition) is 5. The van der Waals surface area contributed by atoms with Gasteiger partial charge in [-0.1, -0.05) is 6.58 Å². The normalized spacial score (nSPS) is 15.7. The van der Waals surface area contributed by atoms with Crippen LogP contribution in [0.3, 0.4) is 0 Å². The predicted molar refractivity (Wildman–Crippen MR) is 96.7 cm³/mol. The van der Waals surface area contributed by atoms with Gasteiger partial charge in [-0.25, -0.2) is 4.98 Å². The number of aliphatic hydroxyl groups is 1. The number of aromatic nitrogens is 2. The predicted octanol–water partition coefficient (Wildman–Crippen LogP) is 1.81. The highest BCUT2D eigenvalue weighted by atomic mass is 32.1. The van der Waals surface area contributed by atoms with Gasteiger partial charge in [0.1, 0.15) is 16.8 Å². The maximum atomic E-state index is 10.2. The minimum Gasteiger partial charge on any atom is -0.400 e. The van der Waals surface area contributed by atoms with Crippen molar-refractivity contribution >= 4 is 45.5 Å². The van der Waals surface area contributed by atoms with Crippen molar-refractivity contribution in [3.63, 3.8) is 0 Å². The molecule has 0 fully saturated rings. The second-order valence-corrected chi connectivity index (χ2v) is 6.44. The van der Waals surface area contributed by atoms with Crippen LogP contribution in [0.25, 0.3) is 16.0 Å². The molecule has 0 aliphatic carbocycles. The lowest BCUT2D eigenvalue weighted by Crippen LogP contribution is -2.24. The lowest BCUT2D eigenvalue weighted by Gasteiger charge is -2.23. The molecule has 0 radical (unpaired) electrons. The highest BCUT2D eigenvalue weighted by Gasteiger charge is 2.25. The van der Waals surface area contributed by atoms with Gasteiger partial charge in [-0.05, 0) is 13.0 Å². The van der Waals surface area contributed by atoms with Gasteiger partial charge in [0.2, 0.25) is 0 Å². The van der Waals surface area contributed by atoms with Crippen LogP contribution < -0.4 is 5.73 Å². The maximum Gasteiger partial charge on any atom is 0.150 e. The van der Waals surface area contributed by atoms with E-state index in [0.717, 1.165) is 22.2 Å². The lowest BCUT2D eigenvalue weighted by molar-refractivity contribution is 0.214. The summed E-state index contributed by atoms with van der Waals surface area (Å²) in [4.78, 5) is 7.59. The number of aliphatic hydroxyl groups excluding tert-OH is 1. The smallest absolute Gasteiger partial charge is 0.150 e. The van der Waals surface area contributed by atoms with Crippen molar-refractivity contribution in [3.8, 4) is 0 Å². The Morgan fingerprint density at radius 2 is 2.38 bits per heavy atom. The molecule has 1 atom stereocenters. The molecule has 0 saturated carbocycles. The van der Waals surface area contributed by atoms with E-state index in [4.69, 9.17) is 16.6 Å². The third kappa shape index (κ3) is 2.63. The number of thiazole rings is 1. The quantitative estimate of drug-likeness (QED) is 0.528. The Morgan fingerprint density at radius 1 is 1.62 bits per heavy atom. The van der Waals surface area contributed by atoms with Gasteiger partial charge in [0.15, 0.2) is 0 Å². The summed E-state index contributed by atoms with van der Waals surface area (Å²) in [7, 11) is 0. The summed E-state index contributed by atoms with van der Waals surface area (Å²) < 4.78 is 0.859. The molecule has 1 aliphatic rings. The molecule has 0 amide bonds. The second-order valence-electron chi connectivity index (χ2n) is 5.41. The summed E-state index contributed by atoms with van der Waals surface area (Å²) >= 11 is 1.32. The first-order valence-corrected chi connectivity index (χ1v) is 7.95. The number of nitrogens with one attached hydrogen (secondary N) is 3. The monoisotopic (exact) mass is 343 g/mol. The zero-order valence-corrected chi connectivity index (χ0v) is 13.8. The highest BCUT2D eigenvalue weighted by Crippen LogP contribution is 2.36. The van der Waals surface area contributed by atoms with Gasteiger partial charge >= 0.3 is 0 Å². The van der Waals surface area contributed by atoms with Crippen LogP contribution >= 0.6 is 11.3 Å². The van der Waals surface area contributed by atoms with E-state index >= 15 is 0 Å². The molecule has 0 saturated heterocycles. The second kappa shape index (κ2) is 6.02. The molecule has 2 aromatic heterocycles. The third-order valence-corrected chi connectivity index (χ3v) is 4.68. The number of aromatic amines is 1. The van der Waals surface area contributed by atoms with Crippen molar-refractivity contribution in [2.75, 3.05) is 6.54 Å². The van der Waals surface area contributed by atoms with Crippen LogP contribution in [0.2, 0.25) is 0 Å². The Bertz CT molecular complexity index is 904. The molecule has 8 nitrogen and oxygen atoms in total. The number of hydrazone groups is 1. The van der Waals surface area contributed by atoms with Crippen molar-refractivity contribution in [2.45, 2.75) is 13.0 Å². The number of nitrogens with zero attached hydrogens (tertiary/aromatic N) is 3. The summed E-state index contributed by atoms with van der Waals surface area (Å²) in [5.74, 6) is 0. The molecular formula is C15H17N7OS. The molecule has 0 bridgehead atoms. The van der Waals surface area contributed by atoms with Crippen LogP contribution in [0.5, 0.6) is 0 Å². The molecule has 3 heterocycles. The zero-order valence-electron chi connectivity index (χ0n) is 13.0. The van der Waals surface area contributed by atoms with Crippen LogP contribution in [0.4, 0.5) is 0 Å². The number of H-pyrrole nitrogens is 1. The van der Waals surface area contributed by atoms with Gasteiger partial charge in [0, 0.05) is 23.2 Å². The number of rotatable bonds is 5. The first-order valence-electron chi connectivity index (χ1n) is 7.13. The summed E-state index contributed by atoms with van der Waals surface area (Å²) in [5.41, 5.74) is 9.35. The lowest BCUT2D eigenvalue weighted by atomic mass is 10.2. The Balaban J connectivity index is 1.98. The van der Waals surface area contributed by atoms with Crippen molar-refractivity contribution in [3.05, 3.63) is 34.6 Å². The maximum absolute atomic E-state index is 10.2. The standard InChI is InChI=1S/C15H17N7OS/c1-7(17)6-22-8(2)11-9(5-19-22)13-14(20-11)21-15(24-13)12(23)10(18)3-4-16/h3-5,12,16-17,20,23H,2,6,18H2,1H3. The Labute approximate surface area is 142 Å². The van der Waals surface area contributed by atoms with Crippen molar-refractivity contribution in [1.29, 1.82) is 10.8 Å². The van der Waals surface area contributed by atoms with Crippen LogP contribution in [-0.4, -0.2) is 44.8 Å². The highest BCUT2D eigenvalue weighted by molar-refractivity contribution is 7.19. The van der Waals surface area contributed by atoms with E-state index in [2.05, 4.69) is 21.6 Å². The summed E-state index contributed by atoms with van der Waals surface area (Å²) in [6, 6.07) is 0. The number of nitrogens with two attached hydrogens (primary N) is 1. The molecule has 1 unspecified atom stereocenters. The van der Waals surface area contributed by atoms with E-state index in [1.807, 2.05) is 0 Å². The molecule has 6 N–H and O–H groups in total. The molecule has 3 rings (SSSR count). The first-order chi connectivity index (χ1) is 11.4. The largest absolute Gasteiger partial charge is 0.400 e. The Kier molecular flexibility index (Phi) is 4.04. The van der Waals surface area contributed by atoms with Gasteiger partial charge in [-0.2, -0.15) is 5.10 Å². The van der Waals surface area contributed by atoms with Crippen molar-refractivity contribution < 1.29 is 5.11 Å². The number of fused-ring (bicyclic) bond motifs is 3. The minimum absolute atomic E-state index is 0.168. The number of allylic oxidation sites excluding steroid dienone is 1. The minimum atomic E-state index is -1.05. The van der Waals surface area contributed by atoms with E-state index in [1.165, 1.54) is 17.4 Å². The van der Waals surface area contributed by atoms with Gasteiger partial charge in [0.05, 0.1) is 28.9 Å². The molecule has 0 spiro atoms. The SMILES string of the molecule is C=C1c2[nH]c3nc(C(O)C(N)=CC=N)sc3c2C=NN1CC(C)=N. The molecule has 9 heteroatoms. The van der Waals surface area contributed by atoms with E-state index in [1.54, 1.807) is 18.1 Å². The topological polar surface area (TPSA) is 138 Å². The number of hydrogen-bond acceptors (Lipinski definition) is 8. The average molecular weight is 343 g/mol. The van der Waals surface area contributed by atoms with Crippen molar-refractivity contribution in [2.24, 2.45) is 10.8 Å². The third-order valence-electron chi connectivity index (χ3n) is 3.54. The summed E-state index contributed by atoms with van der Waals surface area (Å²) in [5, 5.41) is 31.2. The first kappa shape index (κ1) is 16.1. The van der Waals surface area contributed by atoms with E-state index in [9.17, 15) is 5.11 Å². The van der Waals surface area contributed by atoms with E-state index in [0.29, 0.717) is 28.6 Å². The van der Waals surface area contributed by atoms with Crippen LogP contribution in [0.15, 0.2) is 23.5 Å². The molecule has 24 heavy (non-hydrogen) atoms. The van der Waals surface area contributed by atoms with Crippen LogP contribution in [-0.2, 0) is 0 Å². The van der Waals surface area contributed by atoms with Gasteiger partial charge in [0.25, 0.3) is 0 Å². The molecule has 0 aromatic carbocycles. The van der Waals surface area contributed by atoms with E-state index < -0.39 is 6.10 Å². The molecule has 2 aromatic rings. The molecule has 1 aliphatic heterocycles. The zero-order chi connectivity index (χ0) is 17.4. The fraction of sp³-hybridized carbons (Fsp3) is 0.200. The van der Waals surface area contributed by atoms with Gasteiger partial charge in [-0.15, -0.1) is 11.3 Å². The fourth-order valence-corrected chi connectivity index (χ4v) is 3.44. The van der Waals surface area contributed by atoms with Gasteiger partial charge in [-0.3, -0.25) is 5.01 Å². The molecular weight excluding hydrogens is 326 g/mol. The molecule has 124 valence electrons. The van der Waals surface area contributed by atoms with Crippen LogP contribution in [0.1, 0.15) is 29.3 Å². The van der Waals surface area contributed by atoms with Gasteiger partial charge < -0.3 is 26.6 Å². The van der Waals surface area contributed by atoms with Crippen molar-refractivity contribution in [1.82, 2.24) is 15.0 Å².